The molecule has 1 atom stereocenters. The number of anilines is 1. The normalized spacial score (nSPS) is 12.0. The second-order valence-electron chi connectivity index (χ2n) is 4.19. The molecule has 0 aromatic heterocycles. The molecule has 4 nitrogen and oxygen atoms in total. The van der Waals surface area contributed by atoms with E-state index in [2.05, 4.69) is 33.2 Å². The average molecular weight is 362 g/mol. The molecule has 1 aromatic rings. The van der Waals surface area contributed by atoms with E-state index in [1.54, 1.807) is 7.11 Å². The molecule has 0 saturated carbocycles. The lowest BCUT2D eigenvalue weighted by atomic mass is 10.2. The van der Waals surface area contributed by atoms with Gasteiger partial charge < -0.3 is 15.4 Å². The van der Waals surface area contributed by atoms with Crippen LogP contribution >= 0.6 is 22.6 Å². The summed E-state index contributed by atoms with van der Waals surface area (Å²) in [6, 6.07) is 6.02. The lowest BCUT2D eigenvalue weighted by Crippen LogP contribution is -2.39. The van der Waals surface area contributed by atoms with Gasteiger partial charge in [-0.15, -0.1) is 0 Å². The van der Waals surface area contributed by atoms with Crippen molar-refractivity contribution in [3.8, 4) is 0 Å². The maximum absolute atomic E-state index is 11.7. The van der Waals surface area contributed by atoms with Crippen LogP contribution in [0.15, 0.2) is 18.2 Å². The fourth-order valence-electron chi connectivity index (χ4n) is 1.59. The minimum Gasteiger partial charge on any atom is -0.383 e. The smallest absolute Gasteiger partial charge is 0.239 e. The average Bonchev–Trinajstić information content (AvgIpc) is 2.31. The Bertz CT molecular complexity index is 410. The van der Waals surface area contributed by atoms with Gasteiger partial charge in [-0.25, -0.2) is 0 Å². The second kappa shape index (κ2) is 7.58. The molecule has 0 aliphatic rings. The molecule has 0 aliphatic carbocycles. The van der Waals surface area contributed by atoms with E-state index in [1.807, 2.05) is 32.0 Å². The monoisotopic (exact) mass is 362 g/mol. The Kier molecular flexibility index (Phi) is 6.42. The van der Waals surface area contributed by atoms with Crippen LogP contribution in [-0.2, 0) is 9.53 Å². The van der Waals surface area contributed by atoms with Gasteiger partial charge in [0.2, 0.25) is 5.91 Å². The third-order valence-electron chi connectivity index (χ3n) is 2.53. The van der Waals surface area contributed by atoms with Gasteiger partial charge in [-0.1, -0.05) is 6.07 Å². The number of nitrogens with one attached hydrogen (secondary N) is 2. The van der Waals surface area contributed by atoms with Gasteiger partial charge in [-0.3, -0.25) is 4.79 Å². The van der Waals surface area contributed by atoms with Gasteiger partial charge in [-0.2, -0.15) is 0 Å². The van der Waals surface area contributed by atoms with Crippen LogP contribution in [0.25, 0.3) is 0 Å². The number of rotatable bonds is 6. The number of hydrogen-bond acceptors (Lipinski definition) is 3. The Morgan fingerprint density at radius 3 is 2.89 bits per heavy atom. The fraction of sp³-hybridized carbons (Fsp3) is 0.462. The fourth-order valence-corrected chi connectivity index (χ4v) is 2.09. The minimum absolute atomic E-state index is 0.0290. The van der Waals surface area contributed by atoms with Crippen LogP contribution < -0.4 is 10.6 Å². The molecule has 0 spiro atoms. The molecule has 1 amide bonds. The first kappa shape index (κ1) is 15.2. The topological polar surface area (TPSA) is 50.4 Å². The highest BCUT2D eigenvalue weighted by atomic mass is 127. The van der Waals surface area contributed by atoms with E-state index >= 15 is 0 Å². The number of halogens is 1. The van der Waals surface area contributed by atoms with E-state index in [0.29, 0.717) is 6.61 Å². The molecule has 0 saturated heterocycles. The van der Waals surface area contributed by atoms with E-state index in [9.17, 15) is 4.79 Å². The lowest BCUT2D eigenvalue weighted by molar-refractivity contribution is -0.120. The molecule has 0 radical (unpaired) electrons. The van der Waals surface area contributed by atoms with Crippen molar-refractivity contribution in [2.75, 3.05) is 25.6 Å². The molecular weight excluding hydrogens is 343 g/mol. The highest BCUT2D eigenvalue weighted by molar-refractivity contribution is 14.1. The van der Waals surface area contributed by atoms with E-state index in [0.717, 1.165) is 11.3 Å². The molecule has 1 rings (SSSR count). The summed E-state index contributed by atoms with van der Waals surface area (Å²) < 4.78 is 6.15. The van der Waals surface area contributed by atoms with E-state index in [1.165, 1.54) is 3.57 Å². The van der Waals surface area contributed by atoms with Crippen LogP contribution in [0.1, 0.15) is 12.5 Å². The molecule has 1 unspecified atom stereocenters. The van der Waals surface area contributed by atoms with Gasteiger partial charge in [0.25, 0.3) is 0 Å². The van der Waals surface area contributed by atoms with Gasteiger partial charge in [-0.05, 0) is 54.1 Å². The van der Waals surface area contributed by atoms with Crippen molar-refractivity contribution in [3.05, 3.63) is 27.3 Å². The van der Waals surface area contributed by atoms with Crippen LogP contribution in [0.5, 0.6) is 0 Å². The predicted octanol–water partition coefficient (Wildman–Crippen LogP) is 2.16. The quantitative estimate of drug-likeness (QED) is 0.763. The van der Waals surface area contributed by atoms with Crippen LogP contribution in [0.2, 0.25) is 0 Å². The minimum atomic E-state index is -0.0298. The Balaban J connectivity index is 2.45. The van der Waals surface area contributed by atoms with Crippen molar-refractivity contribution in [1.29, 1.82) is 0 Å². The Morgan fingerprint density at radius 2 is 2.22 bits per heavy atom. The Labute approximate surface area is 122 Å². The van der Waals surface area contributed by atoms with Gasteiger partial charge in [0.05, 0.1) is 13.2 Å². The summed E-state index contributed by atoms with van der Waals surface area (Å²) in [5.41, 5.74) is 2.16. The first-order chi connectivity index (χ1) is 8.54. The van der Waals surface area contributed by atoms with E-state index in [4.69, 9.17) is 4.74 Å². The summed E-state index contributed by atoms with van der Waals surface area (Å²) in [6.45, 7) is 4.75. The highest BCUT2D eigenvalue weighted by Crippen LogP contribution is 2.19. The largest absolute Gasteiger partial charge is 0.383 e. The molecular formula is C13H19IN2O2. The highest BCUT2D eigenvalue weighted by Gasteiger charge is 2.07. The van der Waals surface area contributed by atoms with Crippen LogP contribution in [0.4, 0.5) is 5.69 Å². The van der Waals surface area contributed by atoms with Gasteiger partial charge in [0.1, 0.15) is 0 Å². The molecule has 0 fully saturated rings. The number of methoxy groups -OCH3 is 1. The summed E-state index contributed by atoms with van der Waals surface area (Å²) in [6.07, 6.45) is 0. The number of hydrogen-bond donors (Lipinski definition) is 2. The maximum Gasteiger partial charge on any atom is 0.239 e. The van der Waals surface area contributed by atoms with Crippen LogP contribution in [0.3, 0.4) is 0 Å². The maximum atomic E-state index is 11.7. The second-order valence-corrected chi connectivity index (χ2v) is 5.35. The number of ether oxygens (including phenoxy) is 1. The van der Waals surface area contributed by atoms with E-state index < -0.39 is 0 Å². The number of benzene rings is 1. The van der Waals surface area contributed by atoms with Crippen molar-refractivity contribution in [2.24, 2.45) is 0 Å². The van der Waals surface area contributed by atoms with Crippen LogP contribution in [-0.4, -0.2) is 32.2 Å². The summed E-state index contributed by atoms with van der Waals surface area (Å²) in [7, 11) is 1.62. The molecule has 2 N–H and O–H groups in total. The lowest BCUT2D eigenvalue weighted by Gasteiger charge is -2.14. The Hall–Kier alpha value is -0.820. The molecule has 0 aliphatic heterocycles. The first-order valence-corrected chi connectivity index (χ1v) is 6.89. The zero-order chi connectivity index (χ0) is 13.5. The molecule has 100 valence electrons. The third kappa shape index (κ3) is 4.81. The van der Waals surface area contributed by atoms with E-state index in [-0.39, 0.29) is 18.5 Å². The molecule has 18 heavy (non-hydrogen) atoms. The molecule has 0 heterocycles. The van der Waals surface area contributed by atoms with Gasteiger partial charge >= 0.3 is 0 Å². The third-order valence-corrected chi connectivity index (χ3v) is 3.70. The molecule has 1 aromatic carbocycles. The first-order valence-electron chi connectivity index (χ1n) is 5.82. The van der Waals surface area contributed by atoms with Gasteiger partial charge in [0, 0.05) is 22.4 Å². The zero-order valence-electron chi connectivity index (χ0n) is 10.9. The number of carbonyl (C=O) groups is 1. The summed E-state index contributed by atoms with van der Waals surface area (Å²) in [5.74, 6) is -0.0298. The molecule has 5 heteroatoms. The van der Waals surface area contributed by atoms with Crippen molar-refractivity contribution < 1.29 is 9.53 Å². The van der Waals surface area contributed by atoms with Gasteiger partial charge in [0.15, 0.2) is 0 Å². The molecule has 0 bridgehead atoms. The van der Waals surface area contributed by atoms with Crippen molar-refractivity contribution >= 4 is 34.2 Å². The standard InChI is InChI=1S/C13H19IN2O2/c1-9(8-18-3)16-13(17)7-15-12-6-4-5-11(14)10(12)2/h4-6,9,15H,7-8H2,1-3H3,(H,16,17). The summed E-state index contributed by atoms with van der Waals surface area (Å²) >= 11 is 2.28. The summed E-state index contributed by atoms with van der Waals surface area (Å²) in [4.78, 5) is 11.7. The van der Waals surface area contributed by atoms with Crippen molar-refractivity contribution in [1.82, 2.24) is 5.32 Å². The Morgan fingerprint density at radius 1 is 1.50 bits per heavy atom. The van der Waals surface area contributed by atoms with Crippen LogP contribution in [0, 0.1) is 10.5 Å². The zero-order valence-corrected chi connectivity index (χ0v) is 13.1. The van der Waals surface area contributed by atoms with Crippen molar-refractivity contribution in [2.45, 2.75) is 19.9 Å². The predicted molar refractivity (Wildman–Crippen MR) is 81.9 cm³/mol. The summed E-state index contributed by atoms with van der Waals surface area (Å²) in [5, 5.41) is 6.00. The SMILES string of the molecule is COCC(C)NC(=O)CNc1cccc(I)c1C. The number of carbonyl (C=O) groups excluding carboxylic acids is 1. The van der Waals surface area contributed by atoms with Crippen molar-refractivity contribution in [3.63, 3.8) is 0 Å². The number of amides is 1.